The highest BCUT2D eigenvalue weighted by molar-refractivity contribution is 7.59. The van der Waals surface area contributed by atoms with E-state index in [1.165, 1.54) is 0 Å². The number of aromatic nitrogens is 1. The first kappa shape index (κ1) is 10.8. The third-order valence-corrected chi connectivity index (χ3v) is 0.566. The molecule has 1 rings (SSSR count). The lowest BCUT2D eigenvalue weighted by atomic mass is 10.5. The number of hydrogen-bond acceptors (Lipinski definition) is 1. The monoisotopic (exact) mass is 147 g/mol. The first-order valence-electron chi connectivity index (χ1n) is 1.85. The van der Waals surface area contributed by atoms with E-state index in [9.17, 15) is 0 Å². The zero-order chi connectivity index (χ0) is 4.24. The molecular weight excluding hydrogens is 138 g/mol. The first-order valence-corrected chi connectivity index (χ1v) is 1.85. The minimum absolute atomic E-state index is 0. The van der Waals surface area contributed by atoms with Crippen molar-refractivity contribution < 1.29 is 0 Å². The average molecular weight is 147 g/mol. The summed E-state index contributed by atoms with van der Waals surface area (Å²) in [4.78, 5) is 3.78. The maximum absolute atomic E-state index is 3.78. The van der Waals surface area contributed by atoms with Crippen molar-refractivity contribution in [3.05, 3.63) is 30.6 Å². The Labute approximate surface area is 63.0 Å². The van der Waals surface area contributed by atoms with E-state index in [-0.39, 0.29) is 27.0 Å². The quantitative estimate of drug-likeness (QED) is 0.539. The third kappa shape index (κ3) is 4.02. The fourth-order valence-electron chi connectivity index (χ4n) is 0.313. The Kier molecular flexibility index (Phi) is 9.22. The number of pyridine rings is 1. The second kappa shape index (κ2) is 6.85. The molecule has 0 aliphatic carbocycles. The molecule has 0 aliphatic rings. The van der Waals surface area contributed by atoms with Gasteiger partial charge in [-0.1, -0.05) is 6.07 Å². The Morgan fingerprint density at radius 2 is 1.25 bits per heavy atom. The maximum atomic E-state index is 3.78. The summed E-state index contributed by atoms with van der Waals surface area (Å²) in [6.07, 6.45) is 3.50. The van der Waals surface area contributed by atoms with E-state index in [1.807, 2.05) is 18.2 Å². The van der Waals surface area contributed by atoms with Gasteiger partial charge in [0.15, 0.2) is 0 Å². The Balaban J connectivity index is 0. The molecule has 0 spiro atoms. The molecule has 0 unspecified atom stereocenters. The summed E-state index contributed by atoms with van der Waals surface area (Å²) in [6, 6.07) is 5.72. The molecule has 1 nitrogen and oxygen atoms in total. The standard InChI is InChI=1S/C5H5N.2H2S/c1-2-4-6-5-3-1;;/h1-5H;2*1H2. The van der Waals surface area contributed by atoms with Crippen molar-refractivity contribution in [3.8, 4) is 0 Å². The van der Waals surface area contributed by atoms with Crippen molar-refractivity contribution in [1.29, 1.82) is 0 Å². The third-order valence-electron chi connectivity index (χ3n) is 0.566. The fraction of sp³-hybridized carbons (Fsp3) is 0. The van der Waals surface area contributed by atoms with Crippen LogP contribution in [-0.2, 0) is 0 Å². The van der Waals surface area contributed by atoms with Gasteiger partial charge in [0.05, 0.1) is 0 Å². The van der Waals surface area contributed by atoms with Gasteiger partial charge in [0.2, 0.25) is 0 Å². The lowest BCUT2D eigenvalue weighted by Gasteiger charge is -1.70. The highest BCUT2D eigenvalue weighted by atomic mass is 32.1. The van der Waals surface area contributed by atoms with E-state index in [2.05, 4.69) is 4.98 Å². The van der Waals surface area contributed by atoms with Crippen LogP contribution in [0, 0.1) is 0 Å². The van der Waals surface area contributed by atoms with Crippen LogP contribution >= 0.6 is 27.0 Å². The molecule has 3 heteroatoms. The van der Waals surface area contributed by atoms with E-state index in [0.29, 0.717) is 0 Å². The van der Waals surface area contributed by atoms with Gasteiger partial charge in [-0.15, -0.1) is 0 Å². The van der Waals surface area contributed by atoms with Gasteiger partial charge in [-0.05, 0) is 12.1 Å². The molecule has 1 aromatic rings. The van der Waals surface area contributed by atoms with Gasteiger partial charge in [-0.25, -0.2) is 0 Å². The van der Waals surface area contributed by atoms with Gasteiger partial charge in [0.25, 0.3) is 0 Å². The van der Waals surface area contributed by atoms with Gasteiger partial charge >= 0.3 is 0 Å². The predicted molar refractivity (Wildman–Crippen MR) is 45.0 cm³/mol. The lowest BCUT2D eigenvalue weighted by Crippen LogP contribution is -1.58. The number of hydrogen-bond donors (Lipinski definition) is 0. The van der Waals surface area contributed by atoms with Crippen LogP contribution in [0.3, 0.4) is 0 Å². The molecular formula is C5H9NS2. The van der Waals surface area contributed by atoms with Gasteiger partial charge in [-0.3, -0.25) is 4.98 Å². The summed E-state index contributed by atoms with van der Waals surface area (Å²) in [7, 11) is 0. The van der Waals surface area contributed by atoms with Gasteiger partial charge in [0.1, 0.15) is 0 Å². The molecule has 0 atom stereocenters. The maximum Gasteiger partial charge on any atom is 0.0267 e. The molecule has 1 aromatic heterocycles. The topological polar surface area (TPSA) is 12.9 Å². The van der Waals surface area contributed by atoms with Crippen LogP contribution in [0.15, 0.2) is 30.6 Å². The van der Waals surface area contributed by atoms with E-state index in [1.54, 1.807) is 12.4 Å². The van der Waals surface area contributed by atoms with Crippen LogP contribution in [0.2, 0.25) is 0 Å². The molecule has 46 valence electrons. The molecule has 0 saturated carbocycles. The van der Waals surface area contributed by atoms with Crippen LogP contribution in [0.1, 0.15) is 0 Å². The lowest BCUT2D eigenvalue weighted by molar-refractivity contribution is 1.33. The predicted octanol–water partition coefficient (Wildman–Crippen LogP) is 1.31. The summed E-state index contributed by atoms with van der Waals surface area (Å²) in [5.41, 5.74) is 0. The van der Waals surface area contributed by atoms with E-state index in [0.717, 1.165) is 0 Å². The Morgan fingerprint density at radius 1 is 0.750 bits per heavy atom. The Bertz CT molecular complexity index is 82.4. The van der Waals surface area contributed by atoms with E-state index >= 15 is 0 Å². The highest BCUT2D eigenvalue weighted by Gasteiger charge is 1.58. The van der Waals surface area contributed by atoms with Gasteiger partial charge in [0, 0.05) is 12.4 Å². The van der Waals surface area contributed by atoms with E-state index in [4.69, 9.17) is 0 Å². The smallest absolute Gasteiger partial charge is 0.0267 e. The van der Waals surface area contributed by atoms with Crippen molar-refractivity contribution in [3.63, 3.8) is 0 Å². The van der Waals surface area contributed by atoms with Crippen LogP contribution in [0.5, 0.6) is 0 Å². The van der Waals surface area contributed by atoms with Crippen molar-refractivity contribution in [1.82, 2.24) is 4.98 Å². The van der Waals surface area contributed by atoms with Crippen molar-refractivity contribution in [2.75, 3.05) is 0 Å². The average Bonchev–Trinajstić information content (AvgIpc) is 1.72. The molecule has 0 bridgehead atoms. The number of nitrogens with zero attached hydrogens (tertiary/aromatic N) is 1. The summed E-state index contributed by atoms with van der Waals surface area (Å²) >= 11 is 0. The van der Waals surface area contributed by atoms with Crippen LogP contribution < -0.4 is 0 Å². The zero-order valence-electron chi connectivity index (χ0n) is 4.33. The summed E-state index contributed by atoms with van der Waals surface area (Å²) in [6.45, 7) is 0. The fourth-order valence-corrected chi connectivity index (χ4v) is 0.313. The summed E-state index contributed by atoms with van der Waals surface area (Å²) < 4.78 is 0. The Morgan fingerprint density at radius 3 is 1.38 bits per heavy atom. The SMILES string of the molecule is S.S.c1ccncc1. The largest absolute Gasteiger partial charge is 0.265 e. The van der Waals surface area contributed by atoms with E-state index < -0.39 is 0 Å². The normalized spacial score (nSPS) is 6.00. The highest BCUT2D eigenvalue weighted by Crippen LogP contribution is 1.73. The van der Waals surface area contributed by atoms with Crippen molar-refractivity contribution >= 4 is 27.0 Å². The summed E-state index contributed by atoms with van der Waals surface area (Å²) in [5, 5.41) is 0. The van der Waals surface area contributed by atoms with Gasteiger partial charge < -0.3 is 0 Å². The molecule has 1 heterocycles. The molecule has 0 saturated heterocycles. The van der Waals surface area contributed by atoms with Crippen molar-refractivity contribution in [2.45, 2.75) is 0 Å². The molecule has 0 aromatic carbocycles. The van der Waals surface area contributed by atoms with Crippen molar-refractivity contribution in [2.24, 2.45) is 0 Å². The van der Waals surface area contributed by atoms with Crippen LogP contribution in [0.25, 0.3) is 0 Å². The molecule has 0 N–H and O–H groups in total. The Hall–Kier alpha value is -0.150. The van der Waals surface area contributed by atoms with Crippen LogP contribution in [-0.4, -0.2) is 4.98 Å². The molecule has 8 heavy (non-hydrogen) atoms. The minimum atomic E-state index is 0. The molecule has 0 fully saturated rings. The number of rotatable bonds is 0. The minimum Gasteiger partial charge on any atom is -0.265 e. The second-order valence-electron chi connectivity index (χ2n) is 1.02. The second-order valence-corrected chi connectivity index (χ2v) is 1.02. The molecule has 0 aliphatic heterocycles. The molecule has 0 radical (unpaired) electrons. The summed E-state index contributed by atoms with van der Waals surface area (Å²) in [5.74, 6) is 0. The van der Waals surface area contributed by atoms with Crippen LogP contribution in [0.4, 0.5) is 0 Å². The van der Waals surface area contributed by atoms with Gasteiger partial charge in [-0.2, -0.15) is 27.0 Å². The first-order chi connectivity index (χ1) is 3.00. The zero-order valence-corrected chi connectivity index (χ0v) is 6.33. The molecule has 0 amide bonds.